The van der Waals surface area contributed by atoms with Gasteiger partial charge in [0.25, 0.3) is 0 Å². The van der Waals surface area contributed by atoms with Crippen molar-refractivity contribution in [2.45, 2.75) is 47.1 Å². The molecule has 1 aromatic rings. The van der Waals surface area contributed by atoms with E-state index in [1.54, 1.807) is 7.11 Å². The number of nitrogens with one attached hydrogen (secondary N) is 1. The number of rotatable bonds is 9. The van der Waals surface area contributed by atoms with Crippen LogP contribution in [0.2, 0.25) is 0 Å². The van der Waals surface area contributed by atoms with Crippen LogP contribution in [-0.4, -0.2) is 25.2 Å². The second kappa shape index (κ2) is 9.37. The zero-order chi connectivity index (χ0) is 15.8. The average Bonchev–Trinajstić information content (AvgIpc) is 2.42. The summed E-state index contributed by atoms with van der Waals surface area (Å²) in [6.45, 7) is 12.1. The predicted octanol–water partition coefficient (Wildman–Crippen LogP) is 4.74. The van der Waals surface area contributed by atoms with Crippen LogP contribution in [0, 0.1) is 19.8 Å². The SMILES string of the molecule is CCCNC(CSCC(C)C)c1c(C)cc(C)cc1OC. The van der Waals surface area contributed by atoms with Crippen molar-refractivity contribution in [1.29, 1.82) is 0 Å². The summed E-state index contributed by atoms with van der Waals surface area (Å²) in [6.07, 6.45) is 1.15. The summed E-state index contributed by atoms with van der Waals surface area (Å²) in [5.74, 6) is 4.06. The van der Waals surface area contributed by atoms with Crippen LogP contribution in [0.1, 0.15) is 49.9 Å². The predicted molar refractivity (Wildman–Crippen MR) is 95.7 cm³/mol. The molecule has 2 nitrogen and oxygen atoms in total. The van der Waals surface area contributed by atoms with E-state index in [-0.39, 0.29) is 0 Å². The van der Waals surface area contributed by atoms with Gasteiger partial charge in [0.2, 0.25) is 0 Å². The highest BCUT2D eigenvalue weighted by atomic mass is 32.2. The third-order valence-electron chi connectivity index (χ3n) is 3.44. The first-order valence-corrected chi connectivity index (χ1v) is 9.11. The molecule has 0 bridgehead atoms. The molecule has 3 heteroatoms. The van der Waals surface area contributed by atoms with Gasteiger partial charge >= 0.3 is 0 Å². The first-order chi connectivity index (χ1) is 9.99. The van der Waals surface area contributed by atoms with E-state index in [9.17, 15) is 0 Å². The molecule has 0 radical (unpaired) electrons. The molecule has 0 saturated heterocycles. The molecule has 0 spiro atoms. The molecular weight excluding hydrogens is 278 g/mol. The molecule has 1 rings (SSSR count). The van der Waals surface area contributed by atoms with E-state index >= 15 is 0 Å². The smallest absolute Gasteiger partial charge is 0.124 e. The molecule has 0 saturated carbocycles. The van der Waals surface area contributed by atoms with Crippen molar-refractivity contribution in [1.82, 2.24) is 5.32 Å². The lowest BCUT2D eigenvalue weighted by atomic mass is 9.98. The Morgan fingerprint density at radius 1 is 1.19 bits per heavy atom. The van der Waals surface area contributed by atoms with E-state index in [0.717, 1.165) is 30.4 Å². The minimum Gasteiger partial charge on any atom is -0.496 e. The molecule has 0 amide bonds. The average molecular weight is 310 g/mol. The van der Waals surface area contributed by atoms with Crippen LogP contribution in [0.3, 0.4) is 0 Å². The Balaban J connectivity index is 2.95. The third-order valence-corrected chi connectivity index (χ3v) is 4.91. The molecule has 0 aliphatic carbocycles. The van der Waals surface area contributed by atoms with Crippen LogP contribution < -0.4 is 10.1 Å². The Morgan fingerprint density at radius 3 is 2.48 bits per heavy atom. The third kappa shape index (κ3) is 5.91. The highest BCUT2D eigenvalue weighted by Crippen LogP contribution is 2.32. The Kier molecular flexibility index (Phi) is 8.20. The molecule has 120 valence electrons. The molecule has 1 aromatic carbocycles. The molecule has 0 fully saturated rings. The molecule has 0 aliphatic heterocycles. The number of methoxy groups -OCH3 is 1. The lowest BCUT2D eigenvalue weighted by molar-refractivity contribution is 0.401. The minimum atomic E-state index is 0.365. The molecule has 1 atom stereocenters. The molecular formula is C18H31NOS. The van der Waals surface area contributed by atoms with E-state index in [0.29, 0.717) is 6.04 Å². The Hall–Kier alpha value is -0.670. The van der Waals surface area contributed by atoms with Crippen molar-refractivity contribution in [3.63, 3.8) is 0 Å². The van der Waals surface area contributed by atoms with E-state index in [4.69, 9.17) is 4.74 Å². The zero-order valence-corrected chi connectivity index (χ0v) is 15.3. The van der Waals surface area contributed by atoms with Crippen LogP contribution >= 0.6 is 11.8 Å². The van der Waals surface area contributed by atoms with E-state index in [1.807, 2.05) is 11.8 Å². The van der Waals surface area contributed by atoms with Crippen LogP contribution in [0.4, 0.5) is 0 Å². The van der Waals surface area contributed by atoms with Crippen molar-refractivity contribution in [3.05, 3.63) is 28.8 Å². The lowest BCUT2D eigenvalue weighted by Crippen LogP contribution is -2.25. The first kappa shape index (κ1) is 18.4. The highest BCUT2D eigenvalue weighted by Gasteiger charge is 2.18. The first-order valence-electron chi connectivity index (χ1n) is 7.95. The topological polar surface area (TPSA) is 21.3 Å². The summed E-state index contributed by atoms with van der Waals surface area (Å²) in [5, 5.41) is 3.69. The van der Waals surface area contributed by atoms with Gasteiger partial charge in [0.05, 0.1) is 7.11 Å². The largest absolute Gasteiger partial charge is 0.496 e. The van der Waals surface area contributed by atoms with Gasteiger partial charge < -0.3 is 10.1 Å². The summed E-state index contributed by atoms with van der Waals surface area (Å²) in [5.41, 5.74) is 3.91. The fraction of sp³-hybridized carbons (Fsp3) is 0.667. The second-order valence-corrected chi connectivity index (χ2v) is 7.21. The van der Waals surface area contributed by atoms with Crippen LogP contribution in [0.25, 0.3) is 0 Å². The van der Waals surface area contributed by atoms with Gasteiger partial charge in [-0.3, -0.25) is 0 Å². The van der Waals surface area contributed by atoms with Gasteiger partial charge in [-0.05, 0) is 55.7 Å². The van der Waals surface area contributed by atoms with Gasteiger partial charge in [-0.15, -0.1) is 0 Å². The van der Waals surface area contributed by atoms with Gasteiger partial charge in [-0.25, -0.2) is 0 Å². The van der Waals surface area contributed by atoms with Crippen LogP contribution in [0.5, 0.6) is 5.75 Å². The molecule has 1 unspecified atom stereocenters. The summed E-state index contributed by atoms with van der Waals surface area (Å²) >= 11 is 2.03. The fourth-order valence-electron chi connectivity index (χ4n) is 2.54. The second-order valence-electron chi connectivity index (χ2n) is 6.14. The van der Waals surface area contributed by atoms with Gasteiger partial charge in [-0.2, -0.15) is 11.8 Å². The van der Waals surface area contributed by atoms with Gasteiger partial charge in [0.15, 0.2) is 0 Å². The maximum Gasteiger partial charge on any atom is 0.124 e. The number of thioether (sulfide) groups is 1. The lowest BCUT2D eigenvalue weighted by Gasteiger charge is -2.24. The van der Waals surface area contributed by atoms with E-state index in [2.05, 4.69) is 52.1 Å². The van der Waals surface area contributed by atoms with Gasteiger partial charge in [0.1, 0.15) is 5.75 Å². The van der Waals surface area contributed by atoms with Crippen molar-refractivity contribution < 1.29 is 4.74 Å². The number of ether oxygens (including phenoxy) is 1. The number of hydrogen-bond acceptors (Lipinski definition) is 3. The summed E-state index contributed by atoms with van der Waals surface area (Å²) in [6, 6.07) is 4.77. The number of aryl methyl sites for hydroxylation is 2. The molecule has 0 heterocycles. The molecule has 1 N–H and O–H groups in total. The monoisotopic (exact) mass is 309 g/mol. The van der Waals surface area contributed by atoms with Crippen LogP contribution in [-0.2, 0) is 0 Å². The van der Waals surface area contributed by atoms with Crippen molar-refractivity contribution in [2.75, 3.05) is 25.2 Å². The highest BCUT2D eigenvalue weighted by molar-refractivity contribution is 7.99. The molecule has 0 aliphatic rings. The number of benzene rings is 1. The van der Waals surface area contributed by atoms with E-state index < -0.39 is 0 Å². The van der Waals surface area contributed by atoms with Crippen LogP contribution in [0.15, 0.2) is 12.1 Å². The summed E-state index contributed by atoms with van der Waals surface area (Å²) < 4.78 is 5.65. The Labute approximate surface area is 135 Å². The fourth-order valence-corrected chi connectivity index (χ4v) is 3.67. The van der Waals surface area contributed by atoms with Gasteiger partial charge in [-0.1, -0.05) is 26.8 Å². The van der Waals surface area contributed by atoms with Crippen molar-refractivity contribution in [2.24, 2.45) is 5.92 Å². The summed E-state index contributed by atoms with van der Waals surface area (Å²) in [7, 11) is 1.77. The maximum absolute atomic E-state index is 5.65. The maximum atomic E-state index is 5.65. The molecule has 0 aromatic heterocycles. The zero-order valence-electron chi connectivity index (χ0n) is 14.5. The molecule has 21 heavy (non-hydrogen) atoms. The standard InChI is InChI=1S/C18H31NOS/c1-7-8-19-16(12-21-11-13(2)3)18-15(5)9-14(4)10-17(18)20-6/h9-10,13,16,19H,7-8,11-12H2,1-6H3. The number of hydrogen-bond donors (Lipinski definition) is 1. The Bertz CT molecular complexity index is 431. The van der Waals surface area contributed by atoms with Gasteiger partial charge in [0, 0.05) is 17.4 Å². The van der Waals surface area contributed by atoms with Crippen molar-refractivity contribution >= 4 is 11.8 Å². The van der Waals surface area contributed by atoms with Crippen molar-refractivity contribution in [3.8, 4) is 5.75 Å². The van der Waals surface area contributed by atoms with E-state index in [1.165, 1.54) is 22.4 Å². The quantitative estimate of drug-likeness (QED) is 0.712. The normalized spacial score (nSPS) is 12.7. The Morgan fingerprint density at radius 2 is 1.90 bits per heavy atom. The summed E-state index contributed by atoms with van der Waals surface area (Å²) in [4.78, 5) is 0. The minimum absolute atomic E-state index is 0.365.